The van der Waals surface area contributed by atoms with Crippen molar-refractivity contribution in [1.82, 2.24) is 34.7 Å². The molecule has 0 bridgehead atoms. The minimum Gasteiger partial charge on any atom is -0.353 e. The number of hydrogen-bond donors (Lipinski definition) is 1. The van der Waals surface area contributed by atoms with Crippen LogP contribution in [0.3, 0.4) is 0 Å². The minimum atomic E-state index is -0.452. The molecule has 4 aromatic rings. The van der Waals surface area contributed by atoms with Crippen molar-refractivity contribution in [3.8, 4) is 17.1 Å². The van der Waals surface area contributed by atoms with Crippen molar-refractivity contribution in [3.05, 3.63) is 93.5 Å². The van der Waals surface area contributed by atoms with Gasteiger partial charge in [-0.3, -0.25) is 14.4 Å². The second-order valence-electron chi connectivity index (χ2n) is 6.77. The largest absolute Gasteiger partial charge is 0.353 e. The average molecular weight is 435 g/mol. The molecule has 0 atom stereocenters. The van der Waals surface area contributed by atoms with Crippen LogP contribution in [0.4, 0.5) is 4.39 Å². The Hall–Kier alpha value is -4.41. The highest BCUT2D eigenvalue weighted by molar-refractivity contribution is 5.75. The van der Waals surface area contributed by atoms with E-state index in [9.17, 15) is 18.8 Å². The highest BCUT2D eigenvalue weighted by atomic mass is 19.1. The van der Waals surface area contributed by atoms with Gasteiger partial charge in [-0.1, -0.05) is 0 Å². The Labute approximate surface area is 180 Å². The van der Waals surface area contributed by atoms with Gasteiger partial charge in [0.25, 0.3) is 11.1 Å². The summed E-state index contributed by atoms with van der Waals surface area (Å²) in [7, 11) is 0. The van der Waals surface area contributed by atoms with E-state index in [0.29, 0.717) is 17.1 Å². The summed E-state index contributed by atoms with van der Waals surface area (Å²) in [6.07, 6.45) is 3.29. The summed E-state index contributed by atoms with van der Waals surface area (Å²) >= 11 is 0. The highest BCUT2D eigenvalue weighted by Gasteiger charge is 2.09. The van der Waals surface area contributed by atoms with E-state index in [-0.39, 0.29) is 31.0 Å². The Morgan fingerprint density at radius 1 is 0.938 bits per heavy atom. The van der Waals surface area contributed by atoms with Crippen LogP contribution in [0.15, 0.2) is 76.6 Å². The molecule has 3 aromatic heterocycles. The quantitative estimate of drug-likeness (QED) is 0.455. The highest BCUT2D eigenvalue weighted by Crippen LogP contribution is 2.15. The molecule has 0 saturated carbocycles. The van der Waals surface area contributed by atoms with Gasteiger partial charge in [0.2, 0.25) is 5.91 Å². The second kappa shape index (κ2) is 9.16. The topological polar surface area (TPSA) is 117 Å². The lowest BCUT2D eigenvalue weighted by Crippen LogP contribution is -2.36. The van der Waals surface area contributed by atoms with Gasteiger partial charge in [0.15, 0.2) is 5.82 Å². The third kappa shape index (κ3) is 4.83. The fourth-order valence-corrected chi connectivity index (χ4v) is 2.95. The van der Waals surface area contributed by atoms with Crippen molar-refractivity contribution >= 4 is 5.91 Å². The van der Waals surface area contributed by atoms with Crippen LogP contribution >= 0.6 is 0 Å². The minimum absolute atomic E-state index is 0.126. The molecule has 0 spiro atoms. The summed E-state index contributed by atoms with van der Waals surface area (Å²) in [6, 6.07) is 13.1. The number of rotatable bonds is 7. The molecule has 1 N–H and O–H groups in total. The Morgan fingerprint density at radius 3 is 2.44 bits per heavy atom. The van der Waals surface area contributed by atoms with Gasteiger partial charge < -0.3 is 5.32 Å². The van der Waals surface area contributed by atoms with Gasteiger partial charge in [-0.15, -0.1) is 5.10 Å². The van der Waals surface area contributed by atoms with E-state index >= 15 is 0 Å². The van der Waals surface area contributed by atoms with Crippen LogP contribution in [0.1, 0.15) is 0 Å². The van der Waals surface area contributed by atoms with E-state index in [0.717, 1.165) is 4.68 Å². The van der Waals surface area contributed by atoms with Crippen LogP contribution < -0.4 is 16.4 Å². The molecule has 0 radical (unpaired) electrons. The van der Waals surface area contributed by atoms with Crippen molar-refractivity contribution in [2.75, 3.05) is 6.54 Å². The van der Waals surface area contributed by atoms with Gasteiger partial charge in [-0.05, 0) is 42.5 Å². The molecule has 11 heteroatoms. The monoisotopic (exact) mass is 435 g/mol. The fraction of sp³-hybridized carbons (Fsp3) is 0.143. The molecule has 1 aromatic carbocycles. The number of carbonyl (C=O) groups excluding carboxylic acids is 1. The number of carbonyl (C=O) groups is 1. The molecular formula is C21H18FN7O3. The summed E-state index contributed by atoms with van der Waals surface area (Å²) in [5.41, 5.74) is 0.280. The van der Waals surface area contributed by atoms with Crippen molar-refractivity contribution in [2.24, 2.45) is 0 Å². The molecular weight excluding hydrogens is 417 g/mol. The molecule has 162 valence electrons. The van der Waals surface area contributed by atoms with Crippen LogP contribution in [0.25, 0.3) is 17.1 Å². The van der Waals surface area contributed by atoms with Gasteiger partial charge in [-0.25, -0.2) is 18.4 Å². The first-order valence-corrected chi connectivity index (χ1v) is 9.68. The Kier molecular flexibility index (Phi) is 5.97. The van der Waals surface area contributed by atoms with E-state index in [1.54, 1.807) is 24.5 Å². The summed E-state index contributed by atoms with van der Waals surface area (Å²) < 4.78 is 16.9. The maximum Gasteiger partial charge on any atom is 0.267 e. The van der Waals surface area contributed by atoms with E-state index < -0.39 is 11.5 Å². The normalized spacial score (nSPS) is 10.8. The van der Waals surface area contributed by atoms with E-state index in [1.807, 2.05) is 0 Å². The van der Waals surface area contributed by atoms with Crippen LogP contribution in [0.5, 0.6) is 0 Å². The van der Waals surface area contributed by atoms with Crippen LogP contribution in [0.2, 0.25) is 0 Å². The van der Waals surface area contributed by atoms with Crippen molar-refractivity contribution in [1.29, 1.82) is 0 Å². The Bertz CT molecular complexity index is 1350. The number of amides is 1. The molecule has 10 nitrogen and oxygen atoms in total. The van der Waals surface area contributed by atoms with Crippen molar-refractivity contribution in [3.63, 3.8) is 0 Å². The van der Waals surface area contributed by atoms with Crippen molar-refractivity contribution < 1.29 is 9.18 Å². The maximum atomic E-state index is 13.1. The molecule has 0 saturated heterocycles. The van der Waals surface area contributed by atoms with Gasteiger partial charge in [0.05, 0.1) is 12.2 Å². The predicted molar refractivity (Wildman–Crippen MR) is 113 cm³/mol. The number of hydrogen-bond acceptors (Lipinski definition) is 6. The molecule has 0 aliphatic carbocycles. The molecule has 0 aliphatic rings. The lowest BCUT2D eigenvalue weighted by molar-refractivity contribution is -0.121. The summed E-state index contributed by atoms with van der Waals surface area (Å²) in [4.78, 5) is 36.4. The number of nitrogens with zero attached hydrogens (tertiary/aromatic N) is 6. The SMILES string of the molecule is O=C(Cn1nc(-c2ccc(F)cc2)ccc1=O)NCCn1nc(-n2cccn2)ccc1=O. The van der Waals surface area contributed by atoms with E-state index in [1.165, 1.54) is 51.8 Å². The number of halogens is 1. The molecule has 4 rings (SSSR count). The van der Waals surface area contributed by atoms with Crippen molar-refractivity contribution in [2.45, 2.75) is 13.1 Å². The first kappa shape index (κ1) is 20.8. The zero-order valence-corrected chi connectivity index (χ0v) is 16.8. The molecule has 32 heavy (non-hydrogen) atoms. The third-order valence-corrected chi connectivity index (χ3v) is 4.54. The third-order valence-electron chi connectivity index (χ3n) is 4.54. The molecule has 0 fully saturated rings. The summed E-state index contributed by atoms with van der Waals surface area (Å²) in [6.45, 7) is -0.0398. The number of nitrogens with one attached hydrogen (secondary N) is 1. The first-order valence-electron chi connectivity index (χ1n) is 9.68. The smallest absolute Gasteiger partial charge is 0.267 e. The fourth-order valence-electron chi connectivity index (χ4n) is 2.95. The van der Waals surface area contributed by atoms with Gasteiger partial charge in [0, 0.05) is 36.6 Å². The van der Waals surface area contributed by atoms with E-state index in [2.05, 4.69) is 20.6 Å². The standard InChI is InChI=1S/C21H18FN7O3/c22-16-4-2-15(3-5-16)17-6-8-21(32)29(25-17)14-19(30)23-11-13-28-20(31)9-7-18(26-28)27-12-1-10-24-27/h1-10,12H,11,13-14H2,(H,23,30). The van der Waals surface area contributed by atoms with Gasteiger partial charge in [-0.2, -0.15) is 10.2 Å². The maximum absolute atomic E-state index is 13.1. The zero-order valence-electron chi connectivity index (χ0n) is 16.8. The molecule has 0 unspecified atom stereocenters. The van der Waals surface area contributed by atoms with Crippen LogP contribution in [0, 0.1) is 5.82 Å². The average Bonchev–Trinajstić information content (AvgIpc) is 3.32. The van der Waals surface area contributed by atoms with Gasteiger partial charge in [0.1, 0.15) is 12.4 Å². The van der Waals surface area contributed by atoms with Crippen LogP contribution in [-0.2, 0) is 17.9 Å². The summed E-state index contributed by atoms with van der Waals surface area (Å²) in [5.74, 6) is -0.369. The predicted octanol–water partition coefficient (Wildman–Crippen LogP) is 0.608. The second-order valence-corrected chi connectivity index (χ2v) is 6.77. The first-order chi connectivity index (χ1) is 15.5. The lowest BCUT2D eigenvalue weighted by Gasteiger charge is -2.10. The summed E-state index contributed by atoms with van der Waals surface area (Å²) in [5, 5.41) is 15.1. The Balaban J connectivity index is 1.39. The lowest BCUT2D eigenvalue weighted by atomic mass is 10.1. The van der Waals surface area contributed by atoms with Crippen LogP contribution in [-0.4, -0.2) is 41.8 Å². The van der Waals surface area contributed by atoms with E-state index in [4.69, 9.17) is 0 Å². The number of aromatic nitrogens is 6. The van der Waals surface area contributed by atoms with Gasteiger partial charge >= 0.3 is 0 Å². The molecule has 3 heterocycles. The molecule has 0 aliphatic heterocycles. The Morgan fingerprint density at radius 2 is 1.69 bits per heavy atom. The number of benzene rings is 1. The molecule has 1 amide bonds. The zero-order chi connectivity index (χ0) is 22.5.